The van der Waals surface area contributed by atoms with Crippen LogP contribution >= 0.6 is 11.5 Å². The predicted molar refractivity (Wildman–Crippen MR) is 69.0 cm³/mol. The molecular formula is C12H16N4S. The molecule has 1 N–H and O–H groups in total. The molecule has 1 unspecified atom stereocenters. The van der Waals surface area contributed by atoms with Crippen molar-refractivity contribution in [1.29, 1.82) is 0 Å². The summed E-state index contributed by atoms with van der Waals surface area (Å²) in [6, 6.07) is 2.31. The number of aromatic nitrogens is 3. The number of nitrogens with zero attached hydrogens (tertiary/aromatic N) is 3. The molecule has 2 aromatic heterocycles. The third kappa shape index (κ3) is 3.08. The normalized spacial score (nSPS) is 12.6. The molecular weight excluding hydrogens is 232 g/mol. The fourth-order valence-corrected chi connectivity index (χ4v) is 2.32. The van der Waals surface area contributed by atoms with E-state index in [2.05, 4.69) is 39.8 Å². The Balaban J connectivity index is 2.27. The molecule has 0 aliphatic heterocycles. The van der Waals surface area contributed by atoms with Gasteiger partial charge in [0, 0.05) is 12.4 Å². The molecule has 0 bridgehead atoms. The van der Waals surface area contributed by atoms with E-state index in [1.165, 1.54) is 22.7 Å². The van der Waals surface area contributed by atoms with Gasteiger partial charge in [-0.3, -0.25) is 4.98 Å². The Kier molecular flexibility index (Phi) is 4.17. The summed E-state index contributed by atoms with van der Waals surface area (Å²) in [5.74, 6) is 0. The van der Waals surface area contributed by atoms with Crippen LogP contribution in [0.2, 0.25) is 0 Å². The Bertz CT molecular complexity index is 455. The highest BCUT2D eigenvalue weighted by Gasteiger charge is 2.15. The second-order valence-electron chi connectivity index (χ2n) is 4.00. The van der Waals surface area contributed by atoms with E-state index in [4.69, 9.17) is 0 Å². The minimum atomic E-state index is 0.155. The zero-order valence-corrected chi connectivity index (χ0v) is 10.9. The molecule has 1 atom stereocenters. The van der Waals surface area contributed by atoms with Crippen LogP contribution in [0.3, 0.4) is 0 Å². The third-order valence-electron chi connectivity index (χ3n) is 2.49. The van der Waals surface area contributed by atoms with Gasteiger partial charge in [-0.05, 0) is 42.5 Å². The summed E-state index contributed by atoms with van der Waals surface area (Å²) in [6.45, 7) is 5.18. The minimum Gasteiger partial charge on any atom is -0.305 e. The SMILES string of the molecule is CCCNC(c1cncc(C)c1)c1cnns1. The van der Waals surface area contributed by atoms with Gasteiger partial charge in [-0.25, -0.2) is 0 Å². The van der Waals surface area contributed by atoms with Crippen LogP contribution in [-0.4, -0.2) is 21.1 Å². The molecule has 2 heterocycles. The first-order valence-corrected chi connectivity index (χ1v) is 6.50. The van der Waals surface area contributed by atoms with E-state index in [-0.39, 0.29) is 6.04 Å². The fourth-order valence-electron chi connectivity index (χ4n) is 1.71. The van der Waals surface area contributed by atoms with Crippen LogP contribution in [-0.2, 0) is 0 Å². The van der Waals surface area contributed by atoms with E-state index >= 15 is 0 Å². The van der Waals surface area contributed by atoms with Gasteiger partial charge in [0.05, 0.1) is 17.1 Å². The Morgan fingerprint density at radius 2 is 2.24 bits per heavy atom. The maximum atomic E-state index is 4.25. The van der Waals surface area contributed by atoms with Gasteiger partial charge >= 0.3 is 0 Å². The van der Waals surface area contributed by atoms with Gasteiger partial charge in [0.25, 0.3) is 0 Å². The van der Waals surface area contributed by atoms with Crippen molar-refractivity contribution in [3.05, 3.63) is 40.7 Å². The van der Waals surface area contributed by atoms with E-state index in [0.717, 1.165) is 17.8 Å². The molecule has 0 saturated carbocycles. The second kappa shape index (κ2) is 5.84. The molecule has 90 valence electrons. The van der Waals surface area contributed by atoms with Crippen LogP contribution in [0.5, 0.6) is 0 Å². The maximum absolute atomic E-state index is 4.25. The van der Waals surface area contributed by atoms with Crippen LogP contribution in [0.4, 0.5) is 0 Å². The molecule has 2 rings (SSSR count). The van der Waals surface area contributed by atoms with Gasteiger partial charge in [-0.2, -0.15) is 0 Å². The summed E-state index contributed by atoms with van der Waals surface area (Å²) in [7, 11) is 0. The molecule has 4 nitrogen and oxygen atoms in total. The molecule has 0 amide bonds. The van der Waals surface area contributed by atoms with Crippen LogP contribution < -0.4 is 5.32 Å². The molecule has 0 spiro atoms. The number of rotatable bonds is 5. The summed E-state index contributed by atoms with van der Waals surface area (Å²) >= 11 is 1.43. The number of pyridine rings is 1. The molecule has 0 radical (unpaired) electrons. The average Bonchev–Trinajstić information content (AvgIpc) is 2.83. The maximum Gasteiger partial charge on any atom is 0.0718 e. The van der Waals surface area contributed by atoms with Crippen molar-refractivity contribution in [2.45, 2.75) is 26.3 Å². The fraction of sp³-hybridized carbons (Fsp3) is 0.417. The smallest absolute Gasteiger partial charge is 0.0718 e. The lowest BCUT2D eigenvalue weighted by molar-refractivity contribution is 0.603. The molecule has 0 aliphatic carbocycles. The molecule has 17 heavy (non-hydrogen) atoms. The quantitative estimate of drug-likeness (QED) is 0.882. The highest BCUT2D eigenvalue weighted by Crippen LogP contribution is 2.23. The van der Waals surface area contributed by atoms with E-state index in [1.807, 2.05) is 18.6 Å². The summed E-state index contributed by atoms with van der Waals surface area (Å²) < 4.78 is 3.93. The topological polar surface area (TPSA) is 50.7 Å². The van der Waals surface area contributed by atoms with E-state index in [9.17, 15) is 0 Å². The molecule has 0 aliphatic rings. The third-order valence-corrected chi connectivity index (χ3v) is 3.22. The second-order valence-corrected chi connectivity index (χ2v) is 4.82. The summed E-state index contributed by atoms with van der Waals surface area (Å²) in [4.78, 5) is 5.38. The summed E-state index contributed by atoms with van der Waals surface area (Å²) in [5, 5.41) is 7.41. The average molecular weight is 248 g/mol. The van der Waals surface area contributed by atoms with Crippen molar-refractivity contribution in [2.24, 2.45) is 0 Å². The molecule has 0 fully saturated rings. The Hall–Kier alpha value is -1.33. The monoisotopic (exact) mass is 248 g/mol. The molecule has 5 heteroatoms. The van der Waals surface area contributed by atoms with Crippen molar-refractivity contribution in [3.8, 4) is 0 Å². The standard InChI is InChI=1S/C12H16N4S/c1-3-4-14-12(11-8-15-16-17-11)10-5-9(2)6-13-7-10/h5-8,12,14H,3-4H2,1-2H3. The highest BCUT2D eigenvalue weighted by molar-refractivity contribution is 7.05. The van der Waals surface area contributed by atoms with Crippen molar-refractivity contribution in [2.75, 3.05) is 6.54 Å². The summed E-state index contributed by atoms with van der Waals surface area (Å²) in [6.07, 6.45) is 6.69. The Labute approximate surface area is 105 Å². The Morgan fingerprint density at radius 3 is 2.88 bits per heavy atom. The summed E-state index contributed by atoms with van der Waals surface area (Å²) in [5.41, 5.74) is 2.34. The Morgan fingerprint density at radius 1 is 1.35 bits per heavy atom. The number of hydrogen-bond acceptors (Lipinski definition) is 5. The predicted octanol–water partition coefficient (Wildman–Crippen LogP) is 2.33. The number of hydrogen-bond donors (Lipinski definition) is 1. The van der Waals surface area contributed by atoms with Gasteiger partial charge in [0.15, 0.2) is 0 Å². The minimum absolute atomic E-state index is 0.155. The highest BCUT2D eigenvalue weighted by atomic mass is 32.1. The van der Waals surface area contributed by atoms with Crippen molar-refractivity contribution in [1.82, 2.24) is 19.9 Å². The van der Waals surface area contributed by atoms with E-state index < -0.39 is 0 Å². The number of nitrogens with one attached hydrogen (secondary N) is 1. The van der Waals surface area contributed by atoms with Crippen molar-refractivity contribution < 1.29 is 0 Å². The lowest BCUT2D eigenvalue weighted by Crippen LogP contribution is -2.22. The van der Waals surface area contributed by atoms with Crippen molar-refractivity contribution in [3.63, 3.8) is 0 Å². The first-order chi connectivity index (χ1) is 8.31. The van der Waals surface area contributed by atoms with Crippen molar-refractivity contribution >= 4 is 11.5 Å². The van der Waals surface area contributed by atoms with Gasteiger partial charge in [0.2, 0.25) is 0 Å². The van der Waals surface area contributed by atoms with Gasteiger partial charge in [-0.1, -0.05) is 17.5 Å². The first-order valence-electron chi connectivity index (χ1n) is 5.73. The zero-order valence-electron chi connectivity index (χ0n) is 10.1. The van der Waals surface area contributed by atoms with Crippen LogP contribution in [0.1, 0.15) is 35.4 Å². The lowest BCUT2D eigenvalue weighted by Gasteiger charge is -2.16. The lowest BCUT2D eigenvalue weighted by atomic mass is 10.1. The largest absolute Gasteiger partial charge is 0.305 e. The van der Waals surface area contributed by atoms with Crippen LogP contribution in [0.15, 0.2) is 24.7 Å². The van der Waals surface area contributed by atoms with Crippen LogP contribution in [0.25, 0.3) is 0 Å². The molecule has 2 aromatic rings. The van der Waals surface area contributed by atoms with Gasteiger partial charge < -0.3 is 5.32 Å². The number of aryl methyl sites for hydroxylation is 1. The van der Waals surface area contributed by atoms with Gasteiger partial charge in [0.1, 0.15) is 0 Å². The molecule has 0 saturated heterocycles. The van der Waals surface area contributed by atoms with Crippen LogP contribution in [0, 0.1) is 6.92 Å². The zero-order chi connectivity index (χ0) is 12.1. The first kappa shape index (κ1) is 12.1. The van der Waals surface area contributed by atoms with E-state index in [1.54, 1.807) is 0 Å². The molecule has 0 aromatic carbocycles. The van der Waals surface area contributed by atoms with Gasteiger partial charge in [-0.15, -0.1) is 5.10 Å². The van der Waals surface area contributed by atoms with E-state index in [0.29, 0.717) is 0 Å².